The third kappa shape index (κ3) is 5.45. The Labute approximate surface area is 222 Å². The van der Waals surface area contributed by atoms with Crippen molar-refractivity contribution in [1.82, 2.24) is 0 Å². The maximum atomic E-state index is 15.1. The van der Waals surface area contributed by atoms with Gasteiger partial charge >= 0.3 is 0 Å². The number of nitrogens with zero attached hydrogens (tertiary/aromatic N) is 1. The SMILES string of the molecule is CC(C)[Si](C#Cc1c(F)ccc2cc(N=C(c3ccccc3)c3ccccc3)ccc12)(C(C)C)C(C)C. The average molecular weight is 506 g/mol. The van der Waals surface area contributed by atoms with Crippen LogP contribution in [0.15, 0.2) is 96.0 Å². The number of hydrogen-bond acceptors (Lipinski definition) is 1. The van der Waals surface area contributed by atoms with Gasteiger partial charge in [0.1, 0.15) is 13.9 Å². The highest BCUT2D eigenvalue weighted by Crippen LogP contribution is 2.41. The zero-order chi connectivity index (χ0) is 26.6. The van der Waals surface area contributed by atoms with E-state index in [1.54, 1.807) is 6.07 Å². The molecule has 4 aromatic carbocycles. The molecule has 0 bridgehead atoms. The number of hydrogen-bond donors (Lipinski definition) is 0. The molecule has 0 aromatic heterocycles. The second-order valence-electron chi connectivity index (χ2n) is 10.7. The highest BCUT2D eigenvalue weighted by Gasteiger charge is 2.41. The first-order valence-corrected chi connectivity index (χ1v) is 15.4. The van der Waals surface area contributed by atoms with Gasteiger partial charge in [-0.25, -0.2) is 9.38 Å². The first-order valence-electron chi connectivity index (χ1n) is 13.2. The molecular formula is C34H36FNSi. The molecule has 0 radical (unpaired) electrons. The van der Waals surface area contributed by atoms with Crippen molar-refractivity contribution in [3.05, 3.63) is 114 Å². The third-order valence-electron chi connectivity index (χ3n) is 7.56. The molecule has 0 aliphatic heterocycles. The second kappa shape index (κ2) is 11.3. The summed E-state index contributed by atoms with van der Waals surface area (Å²) < 4.78 is 15.1. The standard InChI is InChI=1S/C34H36FNSi/c1-24(2)37(25(3)4,26(5)6)22-21-32-31-19-18-30(23-29(31)17-20-33(32)35)36-34(27-13-9-7-10-14-27)28-15-11-8-12-16-28/h7-20,23-26H,1-6H3. The maximum Gasteiger partial charge on any atom is 0.146 e. The molecule has 0 spiro atoms. The minimum absolute atomic E-state index is 0.260. The van der Waals surface area contributed by atoms with E-state index in [1.807, 2.05) is 60.7 Å². The Morgan fingerprint density at radius 2 is 1.24 bits per heavy atom. The Hall–Kier alpha value is -3.48. The summed E-state index contributed by atoms with van der Waals surface area (Å²) in [5, 5.41) is 1.78. The summed E-state index contributed by atoms with van der Waals surface area (Å²) in [6.07, 6.45) is 0. The smallest absolute Gasteiger partial charge is 0.146 e. The number of fused-ring (bicyclic) bond motifs is 1. The van der Waals surface area contributed by atoms with E-state index >= 15 is 4.39 Å². The van der Waals surface area contributed by atoms with Gasteiger partial charge in [0, 0.05) is 16.5 Å². The first kappa shape index (κ1) is 26.6. The molecule has 0 saturated heterocycles. The molecule has 0 saturated carbocycles. The molecule has 0 amide bonds. The molecule has 188 valence electrons. The van der Waals surface area contributed by atoms with E-state index in [0.29, 0.717) is 22.2 Å². The van der Waals surface area contributed by atoms with Crippen molar-refractivity contribution in [2.24, 2.45) is 4.99 Å². The van der Waals surface area contributed by atoms with Crippen LogP contribution in [0.3, 0.4) is 0 Å². The maximum absolute atomic E-state index is 15.1. The molecule has 4 aromatic rings. The number of rotatable bonds is 6. The Morgan fingerprint density at radius 1 is 0.703 bits per heavy atom. The monoisotopic (exact) mass is 505 g/mol. The van der Waals surface area contributed by atoms with Crippen molar-refractivity contribution in [3.8, 4) is 11.5 Å². The minimum atomic E-state index is -1.98. The van der Waals surface area contributed by atoms with E-state index in [4.69, 9.17) is 4.99 Å². The molecule has 0 heterocycles. The molecular weight excluding hydrogens is 469 g/mol. The van der Waals surface area contributed by atoms with Gasteiger partial charge in [0.25, 0.3) is 0 Å². The van der Waals surface area contributed by atoms with Crippen LogP contribution >= 0.6 is 0 Å². The Bertz CT molecular complexity index is 1390. The van der Waals surface area contributed by atoms with Gasteiger partial charge in [0.2, 0.25) is 0 Å². The van der Waals surface area contributed by atoms with Crippen LogP contribution < -0.4 is 0 Å². The van der Waals surface area contributed by atoms with Crippen molar-refractivity contribution < 1.29 is 4.39 Å². The lowest BCUT2D eigenvalue weighted by molar-refractivity contribution is 0.626. The second-order valence-corrected chi connectivity index (χ2v) is 16.2. The number of benzene rings is 4. The van der Waals surface area contributed by atoms with E-state index < -0.39 is 8.07 Å². The fraction of sp³-hybridized carbons (Fsp3) is 0.265. The van der Waals surface area contributed by atoms with E-state index in [-0.39, 0.29) is 5.82 Å². The molecule has 3 heteroatoms. The Balaban J connectivity index is 1.84. The van der Waals surface area contributed by atoms with Gasteiger partial charge in [-0.15, -0.1) is 5.54 Å². The predicted molar refractivity (Wildman–Crippen MR) is 160 cm³/mol. The lowest BCUT2D eigenvalue weighted by Crippen LogP contribution is -2.43. The largest absolute Gasteiger partial charge is 0.248 e. The van der Waals surface area contributed by atoms with Crippen LogP contribution in [0.2, 0.25) is 16.6 Å². The molecule has 4 rings (SSSR count). The van der Waals surface area contributed by atoms with Gasteiger partial charge in [0.05, 0.1) is 17.0 Å². The summed E-state index contributed by atoms with van der Waals surface area (Å²) in [7, 11) is -1.98. The van der Waals surface area contributed by atoms with Crippen molar-refractivity contribution in [3.63, 3.8) is 0 Å². The summed E-state index contributed by atoms with van der Waals surface area (Å²) in [6, 6.07) is 29.8. The van der Waals surface area contributed by atoms with Crippen molar-refractivity contribution in [1.29, 1.82) is 0 Å². The zero-order valence-corrected chi connectivity index (χ0v) is 23.7. The van der Waals surface area contributed by atoms with Gasteiger partial charge in [-0.1, -0.05) is 120 Å². The summed E-state index contributed by atoms with van der Waals surface area (Å²) >= 11 is 0. The molecule has 37 heavy (non-hydrogen) atoms. The quantitative estimate of drug-likeness (QED) is 0.140. The topological polar surface area (TPSA) is 12.4 Å². The molecule has 0 unspecified atom stereocenters. The molecule has 0 aliphatic rings. The molecule has 0 fully saturated rings. The number of aliphatic imine (C=N–C) groups is 1. The average Bonchev–Trinajstić information content (AvgIpc) is 2.89. The summed E-state index contributed by atoms with van der Waals surface area (Å²) in [5.41, 5.74) is 9.51. The zero-order valence-electron chi connectivity index (χ0n) is 22.7. The van der Waals surface area contributed by atoms with Crippen LogP contribution in [0, 0.1) is 17.3 Å². The van der Waals surface area contributed by atoms with E-state index in [1.165, 1.54) is 0 Å². The van der Waals surface area contributed by atoms with Gasteiger partial charge in [-0.3, -0.25) is 0 Å². The van der Waals surface area contributed by atoms with Gasteiger partial charge in [-0.05, 0) is 40.2 Å². The Morgan fingerprint density at radius 3 is 1.76 bits per heavy atom. The predicted octanol–water partition coefficient (Wildman–Crippen LogP) is 9.72. The van der Waals surface area contributed by atoms with Gasteiger partial charge in [0.15, 0.2) is 0 Å². The van der Waals surface area contributed by atoms with Crippen molar-refractivity contribution >= 4 is 30.2 Å². The number of halogens is 1. The molecule has 1 nitrogen and oxygen atoms in total. The summed E-state index contributed by atoms with van der Waals surface area (Å²) in [4.78, 5) is 5.05. The highest BCUT2D eigenvalue weighted by atomic mass is 28.3. The van der Waals surface area contributed by atoms with Crippen LogP contribution in [-0.2, 0) is 0 Å². The van der Waals surface area contributed by atoms with E-state index in [9.17, 15) is 0 Å². The summed E-state index contributed by atoms with van der Waals surface area (Å²) in [5.74, 6) is 3.09. The molecule has 0 aliphatic carbocycles. The van der Waals surface area contributed by atoms with Crippen LogP contribution in [0.4, 0.5) is 10.1 Å². The molecule has 0 N–H and O–H groups in total. The van der Waals surface area contributed by atoms with Crippen LogP contribution in [0.1, 0.15) is 58.2 Å². The van der Waals surface area contributed by atoms with Crippen LogP contribution in [-0.4, -0.2) is 13.8 Å². The minimum Gasteiger partial charge on any atom is -0.248 e. The van der Waals surface area contributed by atoms with Crippen molar-refractivity contribution in [2.75, 3.05) is 0 Å². The van der Waals surface area contributed by atoms with Crippen LogP contribution in [0.25, 0.3) is 10.8 Å². The lowest BCUT2D eigenvalue weighted by atomic mass is 10.0. The normalized spacial score (nSPS) is 11.6. The van der Waals surface area contributed by atoms with E-state index in [0.717, 1.165) is 33.3 Å². The van der Waals surface area contributed by atoms with Gasteiger partial charge in [-0.2, -0.15) is 0 Å². The summed E-state index contributed by atoms with van der Waals surface area (Å²) in [6.45, 7) is 13.7. The fourth-order valence-electron chi connectivity index (χ4n) is 5.71. The van der Waals surface area contributed by atoms with Gasteiger partial charge < -0.3 is 0 Å². The lowest BCUT2D eigenvalue weighted by Gasteiger charge is -2.38. The Kier molecular flexibility index (Phi) is 8.10. The highest BCUT2D eigenvalue weighted by molar-refractivity contribution is 6.90. The third-order valence-corrected chi connectivity index (χ3v) is 13.8. The van der Waals surface area contributed by atoms with Crippen molar-refractivity contribution in [2.45, 2.75) is 58.2 Å². The molecule has 0 atom stereocenters. The first-order chi connectivity index (χ1) is 17.7. The van der Waals surface area contributed by atoms with Crippen LogP contribution in [0.5, 0.6) is 0 Å². The fourth-order valence-corrected chi connectivity index (χ4v) is 10.9. The van der Waals surface area contributed by atoms with E-state index in [2.05, 4.69) is 77.3 Å².